The zero-order valence-electron chi connectivity index (χ0n) is 17.6. The average molecular weight is 498 g/mol. The Morgan fingerprint density at radius 1 is 1.12 bits per heavy atom. The van der Waals surface area contributed by atoms with E-state index in [2.05, 4.69) is 30.4 Å². The number of halogens is 1. The highest BCUT2D eigenvalue weighted by Gasteiger charge is 2.38. The molecule has 0 saturated heterocycles. The van der Waals surface area contributed by atoms with Crippen LogP contribution in [0.2, 0.25) is 5.02 Å². The molecule has 2 aromatic carbocycles. The molecule has 3 aromatic rings. The molecule has 11 nitrogen and oxygen atoms in total. The Bertz CT molecular complexity index is 1330. The van der Waals surface area contributed by atoms with Gasteiger partial charge in [0.15, 0.2) is 6.04 Å². The predicted molar refractivity (Wildman–Crippen MR) is 126 cm³/mol. The van der Waals surface area contributed by atoms with Gasteiger partial charge in [-0.1, -0.05) is 11.6 Å². The van der Waals surface area contributed by atoms with E-state index in [1.54, 1.807) is 25.1 Å². The van der Waals surface area contributed by atoms with E-state index >= 15 is 0 Å². The molecule has 34 heavy (non-hydrogen) atoms. The number of imide groups is 1. The van der Waals surface area contributed by atoms with Crippen molar-refractivity contribution in [3.05, 3.63) is 77.6 Å². The summed E-state index contributed by atoms with van der Waals surface area (Å²) >= 11 is 5.84. The summed E-state index contributed by atoms with van der Waals surface area (Å²) in [6.07, 6.45) is 2.89. The van der Waals surface area contributed by atoms with Gasteiger partial charge >= 0.3 is 7.52 Å². The molecular weight excluding hydrogens is 481 g/mol. The second-order valence-electron chi connectivity index (χ2n) is 7.10. The molecule has 172 valence electrons. The van der Waals surface area contributed by atoms with E-state index in [9.17, 15) is 19.0 Å². The normalized spacial score (nSPS) is 17.5. The molecule has 13 heteroatoms. The van der Waals surface area contributed by atoms with Gasteiger partial charge in [0.05, 0.1) is 16.7 Å². The van der Waals surface area contributed by atoms with E-state index in [1.165, 1.54) is 48.8 Å². The van der Waals surface area contributed by atoms with E-state index in [1.807, 2.05) is 0 Å². The van der Waals surface area contributed by atoms with Crippen molar-refractivity contribution in [2.24, 2.45) is 15.3 Å². The first kappa shape index (κ1) is 23.4. The number of carbonyl (C=O) groups is 2. The Balaban J connectivity index is 1.45. The van der Waals surface area contributed by atoms with Crippen LogP contribution in [-0.2, 0) is 9.36 Å². The van der Waals surface area contributed by atoms with Gasteiger partial charge in [0.25, 0.3) is 11.8 Å². The lowest BCUT2D eigenvalue weighted by atomic mass is 10.2. The van der Waals surface area contributed by atoms with Gasteiger partial charge in [-0.25, -0.2) is 9.97 Å². The number of rotatable bonds is 6. The Hall–Kier alpha value is -3.79. The second-order valence-corrected chi connectivity index (χ2v) is 9.43. The fourth-order valence-electron chi connectivity index (χ4n) is 2.95. The summed E-state index contributed by atoms with van der Waals surface area (Å²) in [5, 5.41) is 15.8. The minimum absolute atomic E-state index is 0.0179. The molecule has 0 saturated carbocycles. The fourth-order valence-corrected chi connectivity index (χ4v) is 4.15. The topological polar surface area (TPSA) is 150 Å². The molecule has 2 unspecified atom stereocenters. The second kappa shape index (κ2) is 9.60. The molecule has 0 spiro atoms. The first-order valence-electron chi connectivity index (χ1n) is 9.83. The molecule has 4 rings (SSSR count). The van der Waals surface area contributed by atoms with Crippen LogP contribution in [0.25, 0.3) is 0 Å². The van der Waals surface area contributed by atoms with Crippen LogP contribution in [0.4, 0.5) is 11.6 Å². The summed E-state index contributed by atoms with van der Waals surface area (Å²) < 4.78 is 12.6. The van der Waals surface area contributed by atoms with Crippen molar-refractivity contribution in [1.82, 2.24) is 15.0 Å². The van der Waals surface area contributed by atoms with Crippen LogP contribution in [0, 0.1) is 0 Å². The number of nitrogens with one attached hydrogen (secondary N) is 1. The van der Waals surface area contributed by atoms with E-state index in [0.29, 0.717) is 16.4 Å². The Labute approximate surface area is 198 Å². The number of nitrogens with zero attached hydrogens (tertiary/aromatic N) is 6. The third-order valence-corrected chi connectivity index (χ3v) is 6.44. The molecule has 1 aromatic heterocycles. The summed E-state index contributed by atoms with van der Waals surface area (Å²) in [4.78, 5) is 43.4. The van der Waals surface area contributed by atoms with Crippen LogP contribution in [-0.4, -0.2) is 43.4 Å². The van der Waals surface area contributed by atoms with Gasteiger partial charge in [-0.15, -0.1) is 0 Å². The smallest absolute Gasteiger partial charge is 0.323 e. The summed E-state index contributed by atoms with van der Waals surface area (Å²) in [6, 6.07) is 12.3. The molecule has 2 amide bonds. The summed E-state index contributed by atoms with van der Waals surface area (Å²) in [5.41, 5.74) is 0.896. The first-order valence-corrected chi connectivity index (χ1v) is 11.9. The number of benzene rings is 2. The molecule has 1 aliphatic heterocycles. The highest BCUT2D eigenvalue weighted by molar-refractivity contribution is 7.67. The van der Waals surface area contributed by atoms with Crippen LogP contribution in [0.1, 0.15) is 17.3 Å². The van der Waals surface area contributed by atoms with E-state index in [4.69, 9.17) is 11.6 Å². The monoisotopic (exact) mass is 497 g/mol. The maximum Gasteiger partial charge on any atom is 0.323 e. The average Bonchev–Trinajstić information content (AvgIpc) is 3.11. The molecule has 2 N–H and O–H groups in total. The number of aromatic nitrogens is 2. The molecule has 0 aliphatic carbocycles. The molecule has 2 atom stereocenters. The number of hydrogen-bond donors (Lipinski definition) is 2. The number of carbonyl (C=O) groups excluding carboxylic acids is 2. The van der Waals surface area contributed by atoms with Gasteiger partial charge in [0, 0.05) is 23.0 Å². The van der Waals surface area contributed by atoms with Crippen molar-refractivity contribution in [2.75, 3.05) is 5.09 Å². The molecule has 0 bridgehead atoms. The zero-order valence-corrected chi connectivity index (χ0v) is 19.3. The Morgan fingerprint density at radius 2 is 1.76 bits per heavy atom. The van der Waals surface area contributed by atoms with Crippen molar-refractivity contribution >= 4 is 53.6 Å². The third kappa shape index (κ3) is 5.07. The lowest BCUT2D eigenvalue weighted by Gasteiger charge is -2.13. The Kier molecular flexibility index (Phi) is 6.60. The van der Waals surface area contributed by atoms with Crippen LogP contribution in [0.5, 0.6) is 0 Å². The lowest BCUT2D eigenvalue weighted by Crippen LogP contribution is -2.34. The fraction of sp³-hybridized carbons (Fsp3) is 0.0952. The van der Waals surface area contributed by atoms with Crippen LogP contribution in [0.3, 0.4) is 0 Å². The lowest BCUT2D eigenvalue weighted by molar-refractivity contribution is -0.127. The first-order chi connectivity index (χ1) is 16.2. The molecule has 0 radical (unpaired) electrons. The number of amides is 2. The van der Waals surface area contributed by atoms with E-state index in [0.717, 1.165) is 5.01 Å². The van der Waals surface area contributed by atoms with Gasteiger partial charge in [-0.3, -0.25) is 19.2 Å². The number of azo groups is 1. The predicted octanol–water partition coefficient (Wildman–Crippen LogP) is 3.56. The number of anilines is 1. The number of hydrogen-bond acceptors (Lipinski definition) is 8. The Morgan fingerprint density at radius 3 is 2.41 bits per heavy atom. The van der Waals surface area contributed by atoms with Gasteiger partial charge in [0.1, 0.15) is 0 Å². The molecule has 0 fully saturated rings. The maximum absolute atomic E-state index is 12.7. The molecule has 2 heterocycles. The van der Waals surface area contributed by atoms with Crippen molar-refractivity contribution in [1.29, 1.82) is 0 Å². The van der Waals surface area contributed by atoms with Gasteiger partial charge in [0.2, 0.25) is 5.95 Å². The highest BCUT2D eigenvalue weighted by Crippen LogP contribution is 2.38. The van der Waals surface area contributed by atoms with Crippen molar-refractivity contribution < 1.29 is 19.0 Å². The molecule has 1 aliphatic rings. The van der Waals surface area contributed by atoms with Gasteiger partial charge < -0.3 is 4.89 Å². The van der Waals surface area contributed by atoms with Gasteiger partial charge in [-0.2, -0.15) is 20.3 Å². The third-order valence-electron chi connectivity index (χ3n) is 4.69. The summed E-state index contributed by atoms with van der Waals surface area (Å²) in [7, 11) is -3.97. The minimum Gasteiger partial charge on any atom is -0.326 e. The summed E-state index contributed by atoms with van der Waals surface area (Å²) in [6.45, 7) is 1.57. The number of hydrazone groups is 1. The maximum atomic E-state index is 12.7. The van der Waals surface area contributed by atoms with Crippen molar-refractivity contribution in [3.63, 3.8) is 0 Å². The van der Waals surface area contributed by atoms with E-state index < -0.39 is 25.4 Å². The van der Waals surface area contributed by atoms with Crippen LogP contribution < -0.4 is 10.4 Å². The zero-order chi connectivity index (χ0) is 24.3. The highest BCUT2D eigenvalue weighted by atomic mass is 35.5. The molecular formula is C21H17ClN7O4P. The van der Waals surface area contributed by atoms with Gasteiger partial charge in [-0.05, 0) is 61.5 Å². The van der Waals surface area contributed by atoms with Crippen molar-refractivity contribution in [3.8, 4) is 0 Å². The van der Waals surface area contributed by atoms with Crippen LogP contribution >= 0.6 is 19.1 Å². The minimum atomic E-state index is -3.97. The largest absolute Gasteiger partial charge is 0.326 e. The SMILES string of the molecule is CC1=NN(C(=O)c2ccc(Cl)cc2)C(=O)C1N=Nc1ccc(P(=O)(O)Nc2ncccn2)cc1. The quantitative estimate of drug-likeness (QED) is 0.300. The van der Waals surface area contributed by atoms with Crippen molar-refractivity contribution in [2.45, 2.75) is 13.0 Å². The van der Waals surface area contributed by atoms with E-state index in [-0.39, 0.29) is 16.8 Å². The van der Waals surface area contributed by atoms with Crippen LogP contribution in [0.15, 0.2) is 82.3 Å². The standard InChI is InChI=1S/C21H17ClN7O4P/c1-13-18(20(31)29(27-13)19(30)14-3-5-15(22)6-4-14)26-25-16-7-9-17(10-8-16)34(32,33)28-21-23-11-2-12-24-21/h2-12,18H,1H3,(H2,23,24,28,32,33). The summed E-state index contributed by atoms with van der Waals surface area (Å²) in [5.74, 6) is -1.22.